The molecule has 3 aromatic carbocycles. The Morgan fingerprint density at radius 1 is 0.879 bits per heavy atom. The highest BCUT2D eigenvalue weighted by atomic mass is 32.1. The summed E-state index contributed by atoms with van der Waals surface area (Å²) in [4.78, 5) is 6.82. The highest BCUT2D eigenvalue weighted by Crippen LogP contribution is 2.39. The first-order valence-electron chi connectivity index (χ1n) is 10.9. The lowest BCUT2D eigenvalue weighted by Gasteiger charge is -2.37. The van der Waals surface area contributed by atoms with Gasteiger partial charge in [-0.25, -0.2) is 0 Å². The summed E-state index contributed by atoms with van der Waals surface area (Å²) in [5.74, 6) is 1.04. The fourth-order valence-electron chi connectivity index (χ4n) is 4.15. The molecular formula is C27H24N4OS. The van der Waals surface area contributed by atoms with Gasteiger partial charge in [0.15, 0.2) is 5.11 Å². The van der Waals surface area contributed by atoms with Crippen molar-refractivity contribution in [2.75, 3.05) is 4.90 Å². The van der Waals surface area contributed by atoms with Gasteiger partial charge in [-0.05, 0) is 56.2 Å². The average molecular weight is 453 g/mol. The van der Waals surface area contributed by atoms with Gasteiger partial charge in [-0.3, -0.25) is 4.90 Å². The lowest BCUT2D eigenvalue weighted by molar-refractivity contribution is 0.404. The van der Waals surface area contributed by atoms with E-state index in [4.69, 9.17) is 21.7 Å². The second kappa shape index (κ2) is 8.64. The largest absolute Gasteiger partial charge is 0.351 e. The van der Waals surface area contributed by atoms with E-state index in [1.165, 1.54) is 5.56 Å². The topological polar surface area (TPSA) is 54.2 Å². The van der Waals surface area contributed by atoms with Gasteiger partial charge in [0, 0.05) is 16.9 Å². The van der Waals surface area contributed by atoms with Crippen LogP contribution in [-0.4, -0.2) is 15.3 Å². The standard InChI is InChI=1S/C27H24N4OS/c1-17-12-14-21(15-13-17)25-29-26(32-30-25)23-19(3)31(22-11-7-8-18(2)16-22)27(33)28-24(23)20-9-5-4-6-10-20/h4-16,24H,1-3H3,(H,28,33). The number of nitrogens with zero attached hydrogens (tertiary/aromatic N) is 3. The molecule has 1 aliphatic rings. The molecule has 0 fully saturated rings. The van der Waals surface area contributed by atoms with Gasteiger partial charge in [-0.1, -0.05) is 77.5 Å². The van der Waals surface area contributed by atoms with Crippen molar-refractivity contribution < 1.29 is 4.52 Å². The SMILES string of the molecule is CC1=C(c2nc(-c3ccc(C)cc3)no2)C(c2ccccc2)NC(=S)N1c1cccc(C)c1. The van der Waals surface area contributed by atoms with Gasteiger partial charge in [0.25, 0.3) is 5.89 Å². The van der Waals surface area contributed by atoms with Crippen molar-refractivity contribution in [3.05, 3.63) is 107 Å². The van der Waals surface area contributed by atoms with Crippen molar-refractivity contribution >= 4 is 28.6 Å². The van der Waals surface area contributed by atoms with Crippen molar-refractivity contribution in [2.45, 2.75) is 26.8 Å². The summed E-state index contributed by atoms with van der Waals surface area (Å²) in [5.41, 5.74) is 7.19. The maximum Gasteiger partial charge on any atom is 0.258 e. The Bertz CT molecular complexity index is 1340. The highest BCUT2D eigenvalue weighted by molar-refractivity contribution is 7.80. The fraction of sp³-hybridized carbons (Fsp3) is 0.148. The molecule has 0 amide bonds. The number of nitrogens with one attached hydrogen (secondary N) is 1. The number of thiocarbonyl (C=S) groups is 1. The Morgan fingerprint density at radius 3 is 2.36 bits per heavy atom. The van der Waals surface area contributed by atoms with E-state index in [1.807, 2.05) is 53.4 Å². The van der Waals surface area contributed by atoms with E-state index < -0.39 is 0 Å². The van der Waals surface area contributed by atoms with Crippen LogP contribution in [0.25, 0.3) is 17.0 Å². The molecule has 0 saturated heterocycles. The molecule has 0 aliphatic carbocycles. The normalized spacial score (nSPS) is 16.2. The molecule has 4 aromatic rings. The van der Waals surface area contributed by atoms with Crippen molar-refractivity contribution in [1.82, 2.24) is 15.5 Å². The zero-order valence-electron chi connectivity index (χ0n) is 18.7. The zero-order chi connectivity index (χ0) is 22.9. The molecule has 0 spiro atoms. The molecular weight excluding hydrogens is 428 g/mol. The molecule has 33 heavy (non-hydrogen) atoms. The highest BCUT2D eigenvalue weighted by Gasteiger charge is 2.34. The Labute approximate surface area is 198 Å². The first-order chi connectivity index (χ1) is 16.0. The number of anilines is 1. The zero-order valence-corrected chi connectivity index (χ0v) is 19.6. The van der Waals surface area contributed by atoms with Crippen LogP contribution in [0.1, 0.15) is 35.5 Å². The number of benzene rings is 3. The van der Waals surface area contributed by atoms with E-state index in [9.17, 15) is 0 Å². The first kappa shape index (κ1) is 21.1. The van der Waals surface area contributed by atoms with Crippen LogP contribution in [0.15, 0.2) is 89.1 Å². The predicted octanol–water partition coefficient (Wildman–Crippen LogP) is 6.22. The molecule has 0 radical (unpaired) electrons. The molecule has 164 valence electrons. The van der Waals surface area contributed by atoms with Crippen LogP contribution >= 0.6 is 12.2 Å². The van der Waals surface area contributed by atoms with Crippen LogP contribution in [0.5, 0.6) is 0 Å². The summed E-state index contributed by atoms with van der Waals surface area (Å²) in [6.45, 7) is 6.18. The van der Waals surface area contributed by atoms with Crippen molar-refractivity contribution in [1.29, 1.82) is 0 Å². The Kier molecular flexibility index (Phi) is 5.52. The minimum absolute atomic E-state index is 0.203. The third kappa shape index (κ3) is 4.05. The van der Waals surface area contributed by atoms with Crippen molar-refractivity contribution in [2.24, 2.45) is 0 Å². The number of aromatic nitrogens is 2. The molecule has 1 unspecified atom stereocenters. The Morgan fingerprint density at radius 2 is 1.64 bits per heavy atom. The molecule has 0 saturated carbocycles. The van der Waals surface area contributed by atoms with Gasteiger partial charge in [0.05, 0.1) is 11.6 Å². The summed E-state index contributed by atoms with van der Waals surface area (Å²) in [6, 6.07) is 26.4. The minimum atomic E-state index is -0.203. The molecule has 0 bridgehead atoms. The van der Waals surface area contributed by atoms with Gasteiger partial charge >= 0.3 is 0 Å². The van der Waals surface area contributed by atoms with Crippen LogP contribution in [0.2, 0.25) is 0 Å². The lowest BCUT2D eigenvalue weighted by Crippen LogP contribution is -2.46. The first-order valence-corrected chi connectivity index (χ1v) is 11.3. The molecule has 6 heteroatoms. The summed E-state index contributed by atoms with van der Waals surface area (Å²) in [6.07, 6.45) is 0. The van der Waals surface area contributed by atoms with E-state index in [2.05, 4.69) is 61.6 Å². The van der Waals surface area contributed by atoms with E-state index >= 15 is 0 Å². The summed E-state index contributed by atoms with van der Waals surface area (Å²) >= 11 is 5.82. The minimum Gasteiger partial charge on any atom is -0.351 e. The number of allylic oxidation sites excluding steroid dienone is 1. The summed E-state index contributed by atoms with van der Waals surface area (Å²) in [5, 5.41) is 8.43. The Hall–Kier alpha value is -3.77. The van der Waals surface area contributed by atoms with Crippen molar-refractivity contribution in [3.63, 3.8) is 0 Å². The molecule has 1 atom stereocenters. The fourth-order valence-corrected chi connectivity index (χ4v) is 4.51. The number of hydrogen-bond donors (Lipinski definition) is 1. The predicted molar refractivity (Wildman–Crippen MR) is 136 cm³/mol. The molecule has 5 rings (SSSR count). The second-order valence-corrected chi connectivity index (χ2v) is 8.64. The smallest absolute Gasteiger partial charge is 0.258 e. The molecule has 2 heterocycles. The molecule has 1 N–H and O–H groups in total. The van der Waals surface area contributed by atoms with E-state index in [-0.39, 0.29) is 6.04 Å². The van der Waals surface area contributed by atoms with Gasteiger partial charge in [-0.2, -0.15) is 4.98 Å². The van der Waals surface area contributed by atoms with E-state index in [1.54, 1.807) is 0 Å². The molecule has 1 aromatic heterocycles. The van der Waals surface area contributed by atoms with Crippen LogP contribution in [-0.2, 0) is 0 Å². The van der Waals surface area contributed by atoms with E-state index in [0.717, 1.165) is 33.6 Å². The van der Waals surface area contributed by atoms with Crippen molar-refractivity contribution in [3.8, 4) is 11.4 Å². The third-order valence-electron chi connectivity index (χ3n) is 5.84. The average Bonchev–Trinajstić information content (AvgIpc) is 3.29. The number of aryl methyl sites for hydroxylation is 2. The number of hydrogen-bond acceptors (Lipinski definition) is 4. The van der Waals surface area contributed by atoms with Gasteiger partial charge in [-0.15, -0.1) is 0 Å². The molecule has 5 nitrogen and oxygen atoms in total. The van der Waals surface area contributed by atoms with Crippen LogP contribution in [0, 0.1) is 13.8 Å². The van der Waals surface area contributed by atoms with Crippen LogP contribution in [0.4, 0.5) is 5.69 Å². The van der Waals surface area contributed by atoms with Gasteiger partial charge in [0.1, 0.15) is 0 Å². The van der Waals surface area contributed by atoms with Gasteiger partial charge in [0.2, 0.25) is 5.82 Å². The number of rotatable bonds is 4. The van der Waals surface area contributed by atoms with Gasteiger partial charge < -0.3 is 9.84 Å². The Balaban J connectivity index is 1.65. The second-order valence-electron chi connectivity index (χ2n) is 8.26. The monoisotopic (exact) mass is 452 g/mol. The maximum absolute atomic E-state index is 5.83. The summed E-state index contributed by atoms with van der Waals surface area (Å²) < 4.78 is 5.83. The summed E-state index contributed by atoms with van der Waals surface area (Å²) in [7, 11) is 0. The van der Waals surface area contributed by atoms with Crippen LogP contribution < -0.4 is 10.2 Å². The third-order valence-corrected chi connectivity index (χ3v) is 6.14. The lowest BCUT2D eigenvalue weighted by atomic mass is 9.94. The van der Waals surface area contributed by atoms with E-state index in [0.29, 0.717) is 16.8 Å². The van der Waals surface area contributed by atoms with Crippen LogP contribution in [0.3, 0.4) is 0 Å². The maximum atomic E-state index is 5.83. The quantitative estimate of drug-likeness (QED) is 0.371. The molecule has 1 aliphatic heterocycles.